The van der Waals surface area contributed by atoms with Crippen molar-refractivity contribution in [2.45, 2.75) is 257 Å². The summed E-state index contributed by atoms with van der Waals surface area (Å²) in [7, 11) is 5.96. The van der Waals surface area contributed by atoms with Crippen molar-refractivity contribution in [1.29, 1.82) is 0 Å². The van der Waals surface area contributed by atoms with E-state index in [2.05, 4.69) is 135 Å². The van der Waals surface area contributed by atoms with E-state index in [0.29, 0.717) is 17.4 Å². The number of quaternary nitrogens is 1. The maximum Gasteiger partial charge on any atom is 0.361 e. The molecule has 0 saturated heterocycles. The molecular weight excluding hydrogens is 983 g/mol. The van der Waals surface area contributed by atoms with E-state index in [0.717, 1.165) is 103 Å². The second kappa shape index (κ2) is 59.8. The van der Waals surface area contributed by atoms with Crippen LogP contribution >= 0.6 is 0 Å². The fraction of sp³-hybridized carbons (Fsp3) is 0.671. The zero-order valence-corrected chi connectivity index (χ0v) is 51.2. The van der Waals surface area contributed by atoms with Crippen LogP contribution in [0.5, 0.6) is 0 Å². The second-order valence-electron chi connectivity index (χ2n) is 22.0. The van der Waals surface area contributed by atoms with E-state index in [9.17, 15) is 19.5 Å². The van der Waals surface area contributed by atoms with Crippen LogP contribution in [0.25, 0.3) is 0 Å². The monoisotopic (exact) mass is 1100 g/mol. The Kier molecular flexibility index (Phi) is 56.5. The average Bonchev–Trinajstić information content (AvgIpc) is 3.42. The Morgan fingerprint density at radius 1 is 0.392 bits per heavy atom. The first-order valence-corrected chi connectivity index (χ1v) is 31.7. The van der Waals surface area contributed by atoms with E-state index in [4.69, 9.17) is 18.9 Å². The minimum absolute atomic E-state index is 0.179. The van der Waals surface area contributed by atoms with Crippen molar-refractivity contribution in [3.8, 4) is 0 Å². The number of nitrogens with zero attached hydrogens (tertiary/aromatic N) is 1. The van der Waals surface area contributed by atoms with Crippen molar-refractivity contribution in [2.75, 3.05) is 47.5 Å². The van der Waals surface area contributed by atoms with Gasteiger partial charge in [0.15, 0.2) is 6.10 Å². The number of aliphatic carboxylic acids is 1. The molecule has 0 aliphatic carbocycles. The van der Waals surface area contributed by atoms with Gasteiger partial charge in [-0.05, 0) is 109 Å². The molecule has 0 rings (SSSR count). The molecule has 0 amide bonds. The number of likely N-dealkylation sites (N-methyl/N-ethyl adjacent to an activating group) is 1. The SMILES string of the molecule is CC/C=C\C/C=C\C/C=C\C/C=C\C/C=C\C/C=C\C/C=C\C/C=C\CCCCCCCCCCC(=O)OC(COC(=O)CCCCCCCCCCC/C=C\C/C=C\CCCCCCC)COC(OCC[N+](C)(C)C)C(=O)O. The first-order chi connectivity index (χ1) is 38.6. The summed E-state index contributed by atoms with van der Waals surface area (Å²) < 4.78 is 22.9. The van der Waals surface area contributed by atoms with Gasteiger partial charge >= 0.3 is 17.9 Å². The lowest BCUT2D eigenvalue weighted by Crippen LogP contribution is -2.40. The summed E-state index contributed by atoms with van der Waals surface area (Å²) in [6.45, 7) is 4.74. The first-order valence-electron chi connectivity index (χ1n) is 31.7. The lowest BCUT2D eigenvalue weighted by molar-refractivity contribution is -0.870. The predicted molar refractivity (Wildman–Crippen MR) is 336 cm³/mol. The summed E-state index contributed by atoms with van der Waals surface area (Å²) in [5, 5.41) is 9.72. The van der Waals surface area contributed by atoms with Gasteiger partial charge in [-0.1, -0.05) is 245 Å². The first kappa shape index (κ1) is 74.7. The molecule has 2 unspecified atom stereocenters. The van der Waals surface area contributed by atoms with Crippen LogP contribution in [-0.2, 0) is 33.3 Å². The van der Waals surface area contributed by atoms with Crippen LogP contribution in [0.15, 0.2) is 122 Å². The molecule has 0 aromatic heterocycles. The van der Waals surface area contributed by atoms with Crippen LogP contribution in [0.1, 0.15) is 245 Å². The zero-order chi connectivity index (χ0) is 57.6. The number of hydrogen-bond donors (Lipinski definition) is 1. The van der Waals surface area contributed by atoms with E-state index in [1.807, 2.05) is 21.1 Å². The minimum atomic E-state index is -1.52. The molecule has 0 bridgehead atoms. The molecule has 1 N–H and O–H groups in total. The molecule has 9 heteroatoms. The number of ether oxygens (including phenoxy) is 4. The molecule has 79 heavy (non-hydrogen) atoms. The number of carbonyl (C=O) groups is 3. The summed E-state index contributed by atoms with van der Waals surface area (Å²) >= 11 is 0. The van der Waals surface area contributed by atoms with E-state index >= 15 is 0 Å². The van der Waals surface area contributed by atoms with Crippen LogP contribution in [0, 0.1) is 0 Å². The summed E-state index contributed by atoms with van der Waals surface area (Å²) in [6.07, 6.45) is 81.4. The van der Waals surface area contributed by atoms with Gasteiger partial charge in [0.05, 0.1) is 34.4 Å². The van der Waals surface area contributed by atoms with Crippen molar-refractivity contribution in [3.05, 3.63) is 122 Å². The molecule has 0 heterocycles. The van der Waals surface area contributed by atoms with Crippen molar-refractivity contribution < 1.29 is 42.9 Å². The summed E-state index contributed by atoms with van der Waals surface area (Å²) in [5.74, 6) is -2.03. The van der Waals surface area contributed by atoms with Gasteiger partial charge in [-0.3, -0.25) is 9.59 Å². The largest absolute Gasteiger partial charge is 0.477 e. The number of carboxylic acids is 1. The van der Waals surface area contributed by atoms with E-state index in [-0.39, 0.29) is 38.6 Å². The molecule has 0 saturated carbocycles. The molecule has 0 aromatic carbocycles. The molecule has 2 atom stereocenters. The fourth-order valence-corrected chi connectivity index (χ4v) is 8.35. The van der Waals surface area contributed by atoms with Gasteiger partial charge in [0, 0.05) is 12.8 Å². The van der Waals surface area contributed by atoms with Crippen LogP contribution in [0.2, 0.25) is 0 Å². The molecule has 0 aliphatic rings. The molecular formula is C70H118NO8+. The maximum atomic E-state index is 12.9. The highest BCUT2D eigenvalue weighted by Gasteiger charge is 2.25. The number of esters is 2. The molecule has 0 aromatic rings. The van der Waals surface area contributed by atoms with Crippen molar-refractivity contribution >= 4 is 17.9 Å². The standard InChI is InChI=1S/C70H117NO8/c1-6-8-10-12-14-16-18-20-22-24-26-28-29-30-31-32-33-34-35-36-37-38-39-41-43-45-47-49-51-53-55-57-59-61-68(73)79-66(65-78-70(69(74)75)76-63-62-71(3,4)5)64-77-67(72)60-58-56-54-52-50-48-46-44-42-40-27-25-23-21-19-17-15-13-11-9-7-2/h8,10,14,16,19-22,25-28,30-31,33-34,36-37,39,41,66,70H,6-7,9,11-13,15,17-18,23-24,29,32,35,38,40,42-65H2,1-5H3/p+1/b10-8-,16-14-,21-19-,22-20-,27-25-,28-26-,31-30-,34-33-,37-36-,41-39-. The highest BCUT2D eigenvalue weighted by atomic mass is 16.7. The van der Waals surface area contributed by atoms with Crippen LogP contribution in [-0.4, -0.2) is 87.4 Å². The second-order valence-corrected chi connectivity index (χ2v) is 22.0. The predicted octanol–water partition coefficient (Wildman–Crippen LogP) is 19.2. The van der Waals surface area contributed by atoms with Crippen molar-refractivity contribution in [1.82, 2.24) is 0 Å². The van der Waals surface area contributed by atoms with Crippen LogP contribution in [0.4, 0.5) is 0 Å². The third-order valence-electron chi connectivity index (χ3n) is 13.2. The lowest BCUT2D eigenvalue weighted by Gasteiger charge is -2.25. The zero-order valence-electron chi connectivity index (χ0n) is 51.2. The van der Waals surface area contributed by atoms with E-state index in [1.165, 1.54) is 109 Å². The van der Waals surface area contributed by atoms with Gasteiger partial charge in [0.1, 0.15) is 13.2 Å². The number of carboxylic acid groups (broad SMARTS) is 1. The number of rotatable bonds is 57. The lowest BCUT2D eigenvalue weighted by atomic mass is 10.1. The van der Waals surface area contributed by atoms with Gasteiger partial charge in [0.25, 0.3) is 6.29 Å². The Labute approximate surface area is 485 Å². The highest BCUT2D eigenvalue weighted by molar-refractivity contribution is 5.71. The number of hydrogen-bond acceptors (Lipinski definition) is 7. The Morgan fingerprint density at radius 3 is 1.08 bits per heavy atom. The molecule has 0 spiro atoms. The van der Waals surface area contributed by atoms with Gasteiger partial charge in [-0.15, -0.1) is 0 Å². The summed E-state index contributed by atoms with van der Waals surface area (Å²) in [4.78, 5) is 37.5. The molecule has 0 fully saturated rings. The number of allylic oxidation sites excluding steroid dienone is 20. The normalized spacial score (nSPS) is 13.6. The minimum Gasteiger partial charge on any atom is -0.477 e. The van der Waals surface area contributed by atoms with Crippen molar-refractivity contribution in [3.63, 3.8) is 0 Å². The number of unbranched alkanes of at least 4 members (excludes halogenated alkanes) is 22. The summed E-state index contributed by atoms with van der Waals surface area (Å²) in [6, 6.07) is 0. The van der Waals surface area contributed by atoms with Gasteiger partial charge in [0.2, 0.25) is 0 Å². The average molecular weight is 1100 g/mol. The quantitative estimate of drug-likeness (QED) is 0.0211. The van der Waals surface area contributed by atoms with E-state index < -0.39 is 24.3 Å². The third kappa shape index (κ3) is 61.2. The smallest absolute Gasteiger partial charge is 0.361 e. The van der Waals surface area contributed by atoms with Gasteiger partial charge in [-0.2, -0.15) is 0 Å². The molecule has 0 aliphatic heterocycles. The van der Waals surface area contributed by atoms with Crippen LogP contribution < -0.4 is 0 Å². The van der Waals surface area contributed by atoms with Crippen molar-refractivity contribution in [2.24, 2.45) is 0 Å². The third-order valence-corrected chi connectivity index (χ3v) is 13.2. The highest BCUT2D eigenvalue weighted by Crippen LogP contribution is 2.15. The molecule has 9 nitrogen and oxygen atoms in total. The Bertz CT molecular complexity index is 1710. The fourth-order valence-electron chi connectivity index (χ4n) is 8.35. The molecule has 0 radical (unpaired) electrons. The molecule has 450 valence electrons. The maximum absolute atomic E-state index is 12.9. The Hall–Kier alpha value is -4.31. The Balaban J connectivity index is 4.25. The topological polar surface area (TPSA) is 108 Å². The van der Waals surface area contributed by atoms with Gasteiger partial charge < -0.3 is 28.5 Å². The van der Waals surface area contributed by atoms with Crippen LogP contribution in [0.3, 0.4) is 0 Å². The van der Waals surface area contributed by atoms with E-state index in [1.54, 1.807) is 0 Å². The Morgan fingerprint density at radius 2 is 0.722 bits per heavy atom. The summed E-state index contributed by atoms with van der Waals surface area (Å²) in [5.41, 5.74) is 0. The number of carbonyl (C=O) groups excluding carboxylic acids is 2. The van der Waals surface area contributed by atoms with Gasteiger partial charge in [-0.25, -0.2) is 4.79 Å².